The number of rotatable bonds is 5. The van der Waals surface area contributed by atoms with Crippen molar-refractivity contribution in [3.63, 3.8) is 0 Å². The summed E-state index contributed by atoms with van der Waals surface area (Å²) in [6, 6.07) is 18.5. The molecule has 32 heavy (non-hydrogen) atoms. The molecule has 1 N–H and O–H groups in total. The van der Waals surface area contributed by atoms with Gasteiger partial charge in [-0.2, -0.15) is 0 Å². The fraction of sp³-hybridized carbons (Fsp3) is 0.200. The standard InChI is InChI=1S/C25H23FN2O4/c1-16-25(30)28(14-17-6-5-7-20(12-17)31-2)15-18-13-19(10-11-23(18)32-16)27-24(29)21-8-3-4-9-22(21)26/h3-13,16H,14-15H2,1-2H3,(H,27,29)/t16-/m1/s1. The van der Waals surface area contributed by atoms with Crippen molar-refractivity contribution >= 4 is 17.5 Å². The average Bonchev–Trinajstić information content (AvgIpc) is 2.90. The molecule has 1 aliphatic heterocycles. The minimum absolute atomic E-state index is 0.0397. The number of anilines is 1. The lowest BCUT2D eigenvalue weighted by Gasteiger charge is -2.22. The maximum atomic E-state index is 13.9. The molecule has 1 atom stereocenters. The molecule has 4 rings (SSSR count). The lowest BCUT2D eigenvalue weighted by molar-refractivity contribution is -0.138. The van der Waals surface area contributed by atoms with Crippen molar-refractivity contribution in [2.24, 2.45) is 0 Å². The summed E-state index contributed by atoms with van der Waals surface area (Å²) in [4.78, 5) is 27.1. The highest BCUT2D eigenvalue weighted by Crippen LogP contribution is 2.30. The van der Waals surface area contributed by atoms with E-state index in [4.69, 9.17) is 9.47 Å². The fourth-order valence-corrected chi connectivity index (χ4v) is 3.65. The summed E-state index contributed by atoms with van der Waals surface area (Å²) in [6.45, 7) is 2.40. The second-order valence-corrected chi connectivity index (χ2v) is 7.56. The predicted molar refractivity (Wildman–Crippen MR) is 118 cm³/mol. The second kappa shape index (κ2) is 9.09. The molecule has 3 aromatic rings. The summed E-state index contributed by atoms with van der Waals surface area (Å²) >= 11 is 0. The predicted octanol–water partition coefficient (Wildman–Crippen LogP) is 4.40. The molecule has 0 bridgehead atoms. The third-order valence-electron chi connectivity index (χ3n) is 5.27. The van der Waals surface area contributed by atoms with Crippen molar-refractivity contribution in [2.45, 2.75) is 26.1 Å². The van der Waals surface area contributed by atoms with E-state index in [1.165, 1.54) is 18.2 Å². The van der Waals surface area contributed by atoms with E-state index in [0.29, 0.717) is 30.3 Å². The summed E-state index contributed by atoms with van der Waals surface area (Å²) in [5, 5.41) is 2.72. The number of halogens is 1. The lowest BCUT2D eigenvalue weighted by Crippen LogP contribution is -2.37. The average molecular weight is 434 g/mol. The number of fused-ring (bicyclic) bond motifs is 1. The molecule has 0 saturated heterocycles. The number of amides is 2. The first kappa shape index (κ1) is 21.4. The van der Waals surface area contributed by atoms with E-state index in [1.54, 1.807) is 43.2 Å². The van der Waals surface area contributed by atoms with Gasteiger partial charge in [0.25, 0.3) is 11.8 Å². The first-order valence-corrected chi connectivity index (χ1v) is 10.2. The zero-order valence-corrected chi connectivity index (χ0v) is 17.8. The van der Waals surface area contributed by atoms with Gasteiger partial charge in [-0.1, -0.05) is 24.3 Å². The van der Waals surface area contributed by atoms with Gasteiger partial charge in [0.2, 0.25) is 0 Å². The first-order chi connectivity index (χ1) is 15.4. The van der Waals surface area contributed by atoms with Crippen LogP contribution in [0.1, 0.15) is 28.4 Å². The Hall–Kier alpha value is -3.87. The van der Waals surface area contributed by atoms with Crippen LogP contribution in [-0.4, -0.2) is 29.9 Å². The van der Waals surface area contributed by atoms with Gasteiger partial charge in [-0.3, -0.25) is 9.59 Å². The largest absolute Gasteiger partial charge is 0.497 e. The molecule has 1 heterocycles. The summed E-state index contributed by atoms with van der Waals surface area (Å²) in [7, 11) is 1.60. The van der Waals surface area contributed by atoms with Crippen molar-refractivity contribution in [2.75, 3.05) is 12.4 Å². The molecule has 2 amide bonds. The molecule has 0 spiro atoms. The van der Waals surface area contributed by atoms with Crippen LogP contribution in [0.4, 0.5) is 10.1 Å². The van der Waals surface area contributed by atoms with Gasteiger partial charge in [0, 0.05) is 24.3 Å². The van der Waals surface area contributed by atoms with E-state index >= 15 is 0 Å². The molecule has 3 aromatic carbocycles. The minimum Gasteiger partial charge on any atom is -0.497 e. The van der Waals surface area contributed by atoms with Crippen LogP contribution in [0.15, 0.2) is 66.7 Å². The molecule has 164 valence electrons. The van der Waals surface area contributed by atoms with Crippen LogP contribution >= 0.6 is 0 Å². The molecule has 0 aliphatic carbocycles. The van der Waals surface area contributed by atoms with Crippen molar-refractivity contribution in [3.8, 4) is 11.5 Å². The van der Waals surface area contributed by atoms with Gasteiger partial charge in [-0.15, -0.1) is 0 Å². The number of hydrogen-bond donors (Lipinski definition) is 1. The zero-order chi connectivity index (χ0) is 22.7. The Balaban J connectivity index is 1.57. The summed E-state index contributed by atoms with van der Waals surface area (Å²) in [6.07, 6.45) is -0.652. The highest BCUT2D eigenvalue weighted by molar-refractivity contribution is 6.04. The van der Waals surface area contributed by atoms with Crippen molar-refractivity contribution in [1.29, 1.82) is 0 Å². The van der Waals surface area contributed by atoms with Gasteiger partial charge < -0.3 is 19.7 Å². The van der Waals surface area contributed by atoms with Crippen LogP contribution < -0.4 is 14.8 Å². The number of nitrogens with zero attached hydrogens (tertiary/aromatic N) is 1. The van der Waals surface area contributed by atoms with E-state index in [9.17, 15) is 14.0 Å². The van der Waals surface area contributed by atoms with E-state index in [-0.39, 0.29) is 11.5 Å². The molecule has 0 fully saturated rings. The Morgan fingerprint density at radius 3 is 2.75 bits per heavy atom. The molecule has 1 aliphatic rings. The monoisotopic (exact) mass is 434 g/mol. The lowest BCUT2D eigenvalue weighted by atomic mass is 10.1. The van der Waals surface area contributed by atoms with Gasteiger partial charge in [0.15, 0.2) is 6.10 Å². The third kappa shape index (κ3) is 4.56. The Morgan fingerprint density at radius 1 is 1.16 bits per heavy atom. The third-order valence-corrected chi connectivity index (χ3v) is 5.27. The molecule has 0 unspecified atom stereocenters. The van der Waals surface area contributed by atoms with Gasteiger partial charge in [-0.25, -0.2) is 4.39 Å². The van der Waals surface area contributed by atoms with Gasteiger partial charge >= 0.3 is 0 Å². The molecule has 0 radical (unpaired) electrons. The summed E-state index contributed by atoms with van der Waals surface area (Å²) in [5.41, 5.74) is 2.13. The topological polar surface area (TPSA) is 67.9 Å². The molecular weight excluding hydrogens is 411 g/mol. The maximum Gasteiger partial charge on any atom is 0.263 e. The number of nitrogens with one attached hydrogen (secondary N) is 1. The normalized spacial score (nSPS) is 15.4. The van der Waals surface area contributed by atoms with Crippen LogP contribution in [0, 0.1) is 5.82 Å². The summed E-state index contributed by atoms with van der Waals surface area (Å²) in [5.74, 6) is 0.0127. The Labute approximate surface area is 185 Å². The smallest absolute Gasteiger partial charge is 0.263 e. The molecule has 7 heteroatoms. The van der Waals surface area contributed by atoms with Gasteiger partial charge in [0.05, 0.1) is 12.7 Å². The molecule has 0 saturated carbocycles. The molecule has 0 aromatic heterocycles. The second-order valence-electron chi connectivity index (χ2n) is 7.56. The van der Waals surface area contributed by atoms with Crippen LogP contribution in [0.5, 0.6) is 11.5 Å². The van der Waals surface area contributed by atoms with Crippen LogP contribution in [0.3, 0.4) is 0 Å². The van der Waals surface area contributed by atoms with Crippen molar-refractivity contribution in [1.82, 2.24) is 4.90 Å². The van der Waals surface area contributed by atoms with Gasteiger partial charge in [0.1, 0.15) is 17.3 Å². The Morgan fingerprint density at radius 2 is 1.97 bits per heavy atom. The Bertz CT molecular complexity index is 1160. The minimum atomic E-state index is -0.652. The number of carbonyl (C=O) groups is 2. The van der Waals surface area contributed by atoms with Crippen molar-refractivity contribution < 1.29 is 23.5 Å². The number of methoxy groups -OCH3 is 1. The molecular formula is C25H23FN2O4. The van der Waals surface area contributed by atoms with Crippen LogP contribution in [0.25, 0.3) is 0 Å². The van der Waals surface area contributed by atoms with E-state index in [0.717, 1.165) is 11.1 Å². The fourth-order valence-electron chi connectivity index (χ4n) is 3.65. The van der Waals surface area contributed by atoms with Gasteiger partial charge in [-0.05, 0) is 55.0 Å². The van der Waals surface area contributed by atoms with E-state index < -0.39 is 17.8 Å². The quantitative estimate of drug-likeness (QED) is 0.647. The number of carbonyl (C=O) groups excluding carboxylic acids is 2. The SMILES string of the molecule is COc1cccc(CN2Cc3cc(NC(=O)c4ccccc4F)ccc3O[C@H](C)C2=O)c1. The molecule has 6 nitrogen and oxygen atoms in total. The number of ether oxygens (including phenoxy) is 2. The van der Waals surface area contributed by atoms with Crippen LogP contribution in [-0.2, 0) is 17.9 Å². The summed E-state index contributed by atoms with van der Waals surface area (Å²) < 4.78 is 25.1. The Kier molecular flexibility index (Phi) is 6.07. The maximum absolute atomic E-state index is 13.9. The highest BCUT2D eigenvalue weighted by atomic mass is 19.1. The first-order valence-electron chi connectivity index (χ1n) is 10.2. The zero-order valence-electron chi connectivity index (χ0n) is 17.8. The van der Waals surface area contributed by atoms with E-state index in [1.807, 2.05) is 24.3 Å². The van der Waals surface area contributed by atoms with Crippen LogP contribution in [0.2, 0.25) is 0 Å². The highest BCUT2D eigenvalue weighted by Gasteiger charge is 2.28. The van der Waals surface area contributed by atoms with E-state index in [2.05, 4.69) is 5.32 Å². The van der Waals surface area contributed by atoms with Crippen molar-refractivity contribution in [3.05, 3.63) is 89.2 Å². The number of hydrogen-bond acceptors (Lipinski definition) is 4. The number of benzene rings is 3.